The van der Waals surface area contributed by atoms with Crippen molar-refractivity contribution in [2.45, 2.75) is 26.3 Å². The van der Waals surface area contributed by atoms with Crippen LogP contribution >= 0.6 is 0 Å². The quantitative estimate of drug-likeness (QED) is 0.551. The van der Waals surface area contributed by atoms with Crippen LogP contribution in [0.5, 0.6) is 0 Å². The fraction of sp³-hybridized carbons (Fsp3) is 0.385. The molecule has 2 amide bonds. The lowest BCUT2D eigenvalue weighted by Gasteiger charge is -2.20. The van der Waals surface area contributed by atoms with Gasteiger partial charge in [-0.15, -0.1) is 0 Å². The average Bonchev–Trinajstić information content (AvgIpc) is 2.72. The highest BCUT2D eigenvalue weighted by atomic mass is 16.6. The molecule has 1 aromatic rings. The number of carbonyl (C=O) groups excluding carboxylic acids is 2. The molecule has 8 heteroatoms. The van der Waals surface area contributed by atoms with Crippen LogP contribution in [0.15, 0.2) is 12.1 Å². The molecule has 0 saturated carbocycles. The first kappa shape index (κ1) is 14.8. The van der Waals surface area contributed by atoms with Crippen molar-refractivity contribution < 1.29 is 14.5 Å². The van der Waals surface area contributed by atoms with Crippen molar-refractivity contribution in [1.82, 2.24) is 0 Å². The third kappa shape index (κ3) is 2.93. The Labute approximate surface area is 120 Å². The van der Waals surface area contributed by atoms with Gasteiger partial charge in [0.05, 0.1) is 11.3 Å². The molecule has 1 atom stereocenters. The number of hydrogen-bond donors (Lipinski definition) is 3. The predicted molar refractivity (Wildman–Crippen MR) is 76.9 cm³/mol. The van der Waals surface area contributed by atoms with Crippen LogP contribution in [0.4, 0.5) is 17.1 Å². The Kier molecular flexibility index (Phi) is 3.79. The van der Waals surface area contributed by atoms with E-state index >= 15 is 0 Å². The fourth-order valence-corrected chi connectivity index (χ4v) is 2.26. The molecule has 0 aromatic heterocycles. The zero-order valence-corrected chi connectivity index (χ0v) is 11.7. The van der Waals surface area contributed by atoms with E-state index in [1.54, 1.807) is 13.8 Å². The highest BCUT2D eigenvalue weighted by Gasteiger charge is 2.27. The topological polar surface area (TPSA) is 127 Å². The second-order valence-electron chi connectivity index (χ2n) is 5.28. The number of anilines is 2. The van der Waals surface area contributed by atoms with E-state index in [4.69, 9.17) is 5.73 Å². The monoisotopic (exact) mass is 292 g/mol. The molecule has 1 heterocycles. The number of hydrogen-bond acceptors (Lipinski definition) is 5. The zero-order chi connectivity index (χ0) is 15.7. The van der Waals surface area contributed by atoms with Crippen molar-refractivity contribution in [3.05, 3.63) is 27.8 Å². The van der Waals surface area contributed by atoms with Crippen LogP contribution in [0.3, 0.4) is 0 Å². The van der Waals surface area contributed by atoms with E-state index in [0.717, 1.165) is 0 Å². The van der Waals surface area contributed by atoms with E-state index in [-0.39, 0.29) is 29.6 Å². The van der Waals surface area contributed by atoms with Crippen LogP contribution < -0.4 is 16.4 Å². The molecule has 0 radical (unpaired) electrons. The first-order chi connectivity index (χ1) is 9.79. The molecule has 4 N–H and O–H groups in total. The maximum absolute atomic E-state index is 11.4. The van der Waals surface area contributed by atoms with Gasteiger partial charge in [-0.25, -0.2) is 0 Å². The molecule has 21 heavy (non-hydrogen) atoms. The Balaban J connectivity index is 2.43. The highest BCUT2D eigenvalue weighted by Crippen LogP contribution is 2.35. The molecular formula is C13H16N4O4. The summed E-state index contributed by atoms with van der Waals surface area (Å²) in [6, 6.07) is 2.07. The van der Waals surface area contributed by atoms with Crippen molar-refractivity contribution in [2.75, 3.05) is 10.6 Å². The van der Waals surface area contributed by atoms with Crippen LogP contribution in [0.2, 0.25) is 0 Å². The molecule has 0 saturated heterocycles. The highest BCUT2D eigenvalue weighted by molar-refractivity contribution is 6.00. The first-order valence-corrected chi connectivity index (χ1v) is 6.46. The summed E-state index contributed by atoms with van der Waals surface area (Å²) in [7, 11) is 0. The van der Waals surface area contributed by atoms with E-state index in [1.807, 2.05) is 0 Å². The number of nitrogens with two attached hydrogens (primary N) is 1. The maximum atomic E-state index is 11.4. The SMILES string of the molecule is CC(C)C(Nc1cc2c(cc1[N+](=O)[O-])CC(=O)N2)C(N)=O. The van der Waals surface area contributed by atoms with Crippen molar-refractivity contribution >= 4 is 28.9 Å². The van der Waals surface area contributed by atoms with Gasteiger partial charge in [-0.05, 0) is 17.5 Å². The summed E-state index contributed by atoms with van der Waals surface area (Å²) < 4.78 is 0. The minimum atomic E-state index is -0.737. The lowest BCUT2D eigenvalue weighted by Crippen LogP contribution is -2.39. The molecule has 0 spiro atoms. The molecule has 1 unspecified atom stereocenters. The van der Waals surface area contributed by atoms with Crippen LogP contribution in [0, 0.1) is 16.0 Å². The minimum absolute atomic E-state index is 0.111. The lowest BCUT2D eigenvalue weighted by atomic mass is 10.0. The summed E-state index contributed by atoms with van der Waals surface area (Å²) in [5, 5.41) is 16.6. The Morgan fingerprint density at radius 3 is 2.67 bits per heavy atom. The largest absolute Gasteiger partial charge is 0.368 e. The minimum Gasteiger partial charge on any atom is -0.368 e. The number of nitrogens with zero attached hydrogens (tertiary/aromatic N) is 1. The van der Waals surface area contributed by atoms with E-state index in [0.29, 0.717) is 11.3 Å². The number of rotatable bonds is 5. The molecular weight excluding hydrogens is 276 g/mol. The predicted octanol–water partition coefficient (Wildman–Crippen LogP) is 1.01. The van der Waals surface area contributed by atoms with E-state index in [2.05, 4.69) is 10.6 Å². The van der Waals surface area contributed by atoms with Gasteiger partial charge in [-0.1, -0.05) is 13.8 Å². The van der Waals surface area contributed by atoms with Crippen LogP contribution in [0.25, 0.3) is 0 Å². The van der Waals surface area contributed by atoms with Gasteiger partial charge in [-0.3, -0.25) is 19.7 Å². The number of fused-ring (bicyclic) bond motifs is 1. The number of nitrogens with one attached hydrogen (secondary N) is 2. The molecule has 0 bridgehead atoms. The number of primary amides is 1. The van der Waals surface area contributed by atoms with Gasteiger partial charge in [-0.2, -0.15) is 0 Å². The normalized spacial score (nSPS) is 14.5. The molecule has 2 rings (SSSR count). The number of benzene rings is 1. The molecule has 1 aliphatic rings. The van der Waals surface area contributed by atoms with Crippen molar-refractivity contribution in [1.29, 1.82) is 0 Å². The van der Waals surface area contributed by atoms with Gasteiger partial charge in [0, 0.05) is 11.8 Å². The summed E-state index contributed by atoms with van der Waals surface area (Å²) in [5.41, 5.74) is 6.37. The van der Waals surface area contributed by atoms with E-state index in [9.17, 15) is 19.7 Å². The number of carbonyl (C=O) groups is 2. The first-order valence-electron chi connectivity index (χ1n) is 6.46. The summed E-state index contributed by atoms with van der Waals surface area (Å²) in [5.74, 6) is -0.944. The second kappa shape index (κ2) is 5.39. The molecule has 0 aliphatic carbocycles. The Bertz CT molecular complexity index is 627. The van der Waals surface area contributed by atoms with E-state index < -0.39 is 16.9 Å². The van der Waals surface area contributed by atoms with Crippen LogP contribution in [0.1, 0.15) is 19.4 Å². The number of nitro benzene ring substituents is 1. The average molecular weight is 292 g/mol. The zero-order valence-electron chi connectivity index (χ0n) is 11.7. The van der Waals surface area contributed by atoms with Crippen molar-refractivity contribution in [3.63, 3.8) is 0 Å². The second-order valence-corrected chi connectivity index (χ2v) is 5.28. The third-order valence-corrected chi connectivity index (χ3v) is 3.33. The molecule has 112 valence electrons. The third-order valence-electron chi connectivity index (χ3n) is 3.33. The van der Waals surface area contributed by atoms with Gasteiger partial charge >= 0.3 is 0 Å². The van der Waals surface area contributed by atoms with Crippen molar-refractivity contribution in [2.24, 2.45) is 11.7 Å². The van der Waals surface area contributed by atoms with Gasteiger partial charge in [0.2, 0.25) is 11.8 Å². The van der Waals surface area contributed by atoms with Gasteiger partial charge in [0.25, 0.3) is 5.69 Å². The summed E-state index contributed by atoms with van der Waals surface area (Å²) in [4.78, 5) is 33.4. The fourth-order valence-electron chi connectivity index (χ4n) is 2.26. The molecule has 0 fully saturated rings. The number of amides is 2. The number of nitro groups is 1. The lowest BCUT2D eigenvalue weighted by molar-refractivity contribution is -0.384. The van der Waals surface area contributed by atoms with Crippen LogP contribution in [-0.4, -0.2) is 22.8 Å². The summed E-state index contributed by atoms with van der Waals surface area (Å²) in [6.45, 7) is 3.56. The summed E-state index contributed by atoms with van der Waals surface area (Å²) in [6.07, 6.45) is 0.111. The van der Waals surface area contributed by atoms with Gasteiger partial charge < -0.3 is 16.4 Å². The molecule has 8 nitrogen and oxygen atoms in total. The standard InChI is InChI=1S/C13H16N4O4/c1-6(2)12(13(14)19)16-9-5-8-7(4-11(18)15-8)3-10(9)17(20)21/h3,5-6,12,16H,4H2,1-2H3,(H2,14,19)(H,15,18). The summed E-state index contributed by atoms with van der Waals surface area (Å²) >= 11 is 0. The molecule has 1 aromatic carbocycles. The smallest absolute Gasteiger partial charge is 0.292 e. The van der Waals surface area contributed by atoms with E-state index in [1.165, 1.54) is 12.1 Å². The Morgan fingerprint density at radius 2 is 2.14 bits per heavy atom. The Hall–Kier alpha value is -2.64. The van der Waals surface area contributed by atoms with Gasteiger partial charge in [0.15, 0.2) is 0 Å². The van der Waals surface area contributed by atoms with Gasteiger partial charge in [0.1, 0.15) is 11.7 Å². The molecule has 1 aliphatic heterocycles. The maximum Gasteiger partial charge on any atom is 0.292 e. The van der Waals surface area contributed by atoms with Crippen LogP contribution in [-0.2, 0) is 16.0 Å². The Morgan fingerprint density at radius 1 is 1.48 bits per heavy atom. The van der Waals surface area contributed by atoms with Crippen molar-refractivity contribution in [3.8, 4) is 0 Å².